The fourth-order valence-corrected chi connectivity index (χ4v) is 2.13. The summed E-state index contributed by atoms with van der Waals surface area (Å²) in [5.41, 5.74) is -1.04. The van der Waals surface area contributed by atoms with Crippen LogP contribution >= 0.6 is 22.6 Å². The van der Waals surface area contributed by atoms with Gasteiger partial charge in [0.05, 0.1) is 8.49 Å². The van der Waals surface area contributed by atoms with E-state index in [4.69, 9.17) is 0 Å². The molecule has 1 heterocycles. The Balaban J connectivity index is 3.52. The van der Waals surface area contributed by atoms with Crippen molar-refractivity contribution < 1.29 is 31.2 Å². The Morgan fingerprint density at radius 2 is 2.00 bits per heavy atom. The van der Waals surface area contributed by atoms with Gasteiger partial charge in [-0.1, -0.05) is 0 Å². The van der Waals surface area contributed by atoms with Crippen molar-refractivity contribution in [1.29, 1.82) is 0 Å². The molecule has 0 radical (unpaired) electrons. The van der Waals surface area contributed by atoms with Crippen LogP contribution in [0.1, 0.15) is 0 Å². The first-order chi connectivity index (χ1) is 8.42. The number of halogens is 4. The molecular weight excluding hydrogens is 410 g/mol. The number of rotatable bonds is 3. The van der Waals surface area contributed by atoms with E-state index in [9.17, 15) is 31.7 Å². The van der Waals surface area contributed by atoms with Gasteiger partial charge in [0.15, 0.2) is 0 Å². The van der Waals surface area contributed by atoms with E-state index >= 15 is 0 Å². The summed E-state index contributed by atoms with van der Waals surface area (Å²) < 4.78 is 61.3. The van der Waals surface area contributed by atoms with Gasteiger partial charge in [-0.25, -0.2) is 13.6 Å². The predicted molar refractivity (Wildman–Crippen MR) is 61.7 cm³/mol. The average Bonchev–Trinajstić information content (AvgIpc) is 2.16. The van der Waals surface area contributed by atoms with Crippen LogP contribution in [0.4, 0.5) is 18.9 Å². The van der Waals surface area contributed by atoms with Crippen molar-refractivity contribution in [2.24, 2.45) is 5.14 Å². The van der Waals surface area contributed by atoms with Crippen LogP contribution in [-0.2, 0) is 10.0 Å². The van der Waals surface area contributed by atoms with Crippen LogP contribution in [0, 0.1) is 13.7 Å². The smallest absolute Gasteiger partial charge is 0.387 e. The van der Waals surface area contributed by atoms with Gasteiger partial charge in [-0.05, 0) is 22.6 Å². The Labute approximate surface area is 117 Å². The maximum atomic E-state index is 12.0. The SMILES string of the molecule is NS(=O)(=O)c1nc(OC(F)(F)F)c(I)cc1[N+](=O)[O-]. The second-order valence-corrected chi connectivity index (χ2v) is 5.59. The molecule has 0 aliphatic carbocycles. The van der Waals surface area contributed by atoms with E-state index in [2.05, 4.69) is 14.9 Å². The van der Waals surface area contributed by atoms with Crippen LogP contribution in [0.2, 0.25) is 0 Å². The number of hydrogen-bond acceptors (Lipinski definition) is 6. The highest BCUT2D eigenvalue weighted by molar-refractivity contribution is 14.1. The lowest BCUT2D eigenvalue weighted by molar-refractivity contribution is -0.388. The van der Waals surface area contributed by atoms with Gasteiger partial charge in [0.1, 0.15) is 0 Å². The van der Waals surface area contributed by atoms with Gasteiger partial charge >= 0.3 is 12.0 Å². The molecule has 0 fully saturated rings. The first kappa shape index (κ1) is 15.8. The van der Waals surface area contributed by atoms with Crippen LogP contribution in [-0.4, -0.2) is 24.7 Å². The normalized spacial score (nSPS) is 12.3. The Bertz CT molecular complexity index is 632. The van der Waals surface area contributed by atoms with E-state index in [1.165, 1.54) is 22.6 Å². The zero-order chi connectivity index (χ0) is 15.0. The number of pyridine rings is 1. The molecule has 1 aromatic rings. The second kappa shape index (κ2) is 5.04. The molecule has 0 bridgehead atoms. The molecule has 8 nitrogen and oxygen atoms in total. The lowest BCUT2D eigenvalue weighted by Gasteiger charge is -2.10. The number of ether oxygens (including phenoxy) is 1. The number of sulfonamides is 1. The van der Waals surface area contributed by atoms with E-state index in [0.29, 0.717) is 6.07 Å². The predicted octanol–water partition coefficient (Wildman–Crippen LogP) is 1.14. The lowest BCUT2D eigenvalue weighted by Crippen LogP contribution is -2.21. The van der Waals surface area contributed by atoms with Gasteiger partial charge in [0.2, 0.25) is 5.88 Å². The molecule has 0 unspecified atom stereocenters. The number of nitro groups is 1. The molecule has 0 saturated carbocycles. The zero-order valence-corrected chi connectivity index (χ0v) is 11.5. The fourth-order valence-electron chi connectivity index (χ4n) is 0.968. The molecule has 0 aliphatic heterocycles. The molecule has 2 N–H and O–H groups in total. The lowest BCUT2D eigenvalue weighted by atomic mass is 10.4. The summed E-state index contributed by atoms with van der Waals surface area (Å²) in [5.74, 6) is -1.14. The molecule has 1 rings (SSSR count). The minimum absolute atomic E-state index is 0.394. The Hall–Kier alpha value is -1.22. The first-order valence-corrected chi connectivity index (χ1v) is 6.68. The molecule has 1 aromatic heterocycles. The largest absolute Gasteiger partial charge is 0.574 e. The van der Waals surface area contributed by atoms with E-state index in [1.807, 2.05) is 0 Å². The summed E-state index contributed by atoms with van der Waals surface area (Å²) in [4.78, 5) is 12.4. The Morgan fingerprint density at radius 3 is 2.37 bits per heavy atom. The van der Waals surface area contributed by atoms with Gasteiger partial charge in [0.25, 0.3) is 15.0 Å². The number of alkyl halides is 3. The molecule has 13 heteroatoms. The highest BCUT2D eigenvalue weighted by atomic mass is 127. The van der Waals surface area contributed by atoms with Crippen molar-refractivity contribution in [3.05, 3.63) is 19.8 Å². The number of nitrogens with zero attached hydrogens (tertiary/aromatic N) is 2. The summed E-state index contributed by atoms with van der Waals surface area (Å²) in [6.07, 6.45) is -5.13. The third-order valence-corrected chi connectivity index (χ3v) is 3.18. The standard InChI is InChI=1S/C6H3F3IN3O5S/c7-6(8,9)18-4-2(10)1-3(13(14)15)5(12-4)19(11,16)17/h1H,(H2,11,16,17). The third-order valence-electron chi connectivity index (χ3n) is 1.57. The van der Waals surface area contributed by atoms with Crippen LogP contribution in [0.25, 0.3) is 0 Å². The van der Waals surface area contributed by atoms with Crippen LogP contribution in [0.3, 0.4) is 0 Å². The molecule has 0 aromatic carbocycles. The van der Waals surface area contributed by atoms with Crippen LogP contribution < -0.4 is 9.88 Å². The summed E-state index contributed by atoms with van der Waals surface area (Å²) >= 11 is 1.28. The number of primary sulfonamides is 1. The first-order valence-electron chi connectivity index (χ1n) is 4.05. The molecule has 0 saturated heterocycles. The number of hydrogen-bond donors (Lipinski definition) is 1. The van der Waals surface area contributed by atoms with Gasteiger partial charge in [-0.2, -0.15) is 4.98 Å². The third kappa shape index (κ3) is 4.13. The van der Waals surface area contributed by atoms with Gasteiger partial charge in [0, 0.05) is 6.07 Å². The van der Waals surface area contributed by atoms with Gasteiger partial charge < -0.3 is 4.74 Å². The fraction of sp³-hybridized carbons (Fsp3) is 0.167. The van der Waals surface area contributed by atoms with Crippen molar-refractivity contribution in [1.82, 2.24) is 4.98 Å². The minimum Gasteiger partial charge on any atom is -0.387 e. The molecule has 106 valence electrons. The maximum absolute atomic E-state index is 12.0. The van der Waals surface area contributed by atoms with Gasteiger partial charge in [-0.3, -0.25) is 10.1 Å². The molecule has 0 aliphatic rings. The van der Waals surface area contributed by atoms with E-state index in [-0.39, 0.29) is 0 Å². The summed E-state index contributed by atoms with van der Waals surface area (Å²) in [6.45, 7) is 0. The molecule has 0 amide bonds. The summed E-state index contributed by atoms with van der Waals surface area (Å²) in [6, 6.07) is 0.564. The molecule has 19 heavy (non-hydrogen) atoms. The van der Waals surface area contributed by atoms with E-state index in [1.54, 1.807) is 0 Å². The second-order valence-electron chi connectivity index (χ2n) is 2.95. The van der Waals surface area contributed by atoms with Crippen LogP contribution in [0.5, 0.6) is 5.88 Å². The number of nitrogens with two attached hydrogens (primary N) is 1. The van der Waals surface area contributed by atoms with Crippen LogP contribution in [0.15, 0.2) is 11.1 Å². The highest BCUT2D eigenvalue weighted by Crippen LogP contribution is 2.31. The van der Waals surface area contributed by atoms with Crippen molar-refractivity contribution in [2.45, 2.75) is 11.4 Å². The highest BCUT2D eigenvalue weighted by Gasteiger charge is 2.35. The monoisotopic (exact) mass is 413 g/mol. The maximum Gasteiger partial charge on any atom is 0.574 e. The quantitative estimate of drug-likeness (QED) is 0.450. The van der Waals surface area contributed by atoms with Crippen molar-refractivity contribution in [2.75, 3.05) is 0 Å². The number of aromatic nitrogens is 1. The average molecular weight is 413 g/mol. The van der Waals surface area contributed by atoms with Crippen molar-refractivity contribution >= 4 is 38.3 Å². The van der Waals surface area contributed by atoms with Gasteiger partial charge in [-0.15, -0.1) is 13.2 Å². The molecular formula is C6H3F3IN3O5S. The molecule has 0 atom stereocenters. The molecule has 0 spiro atoms. The summed E-state index contributed by atoms with van der Waals surface area (Å²) in [7, 11) is -4.68. The Morgan fingerprint density at radius 1 is 1.47 bits per heavy atom. The van der Waals surface area contributed by atoms with Crippen molar-refractivity contribution in [3.63, 3.8) is 0 Å². The Kier molecular flexibility index (Phi) is 4.20. The van der Waals surface area contributed by atoms with Crippen molar-refractivity contribution in [3.8, 4) is 5.88 Å². The topological polar surface area (TPSA) is 125 Å². The zero-order valence-electron chi connectivity index (χ0n) is 8.51. The summed E-state index contributed by atoms with van der Waals surface area (Å²) in [5, 5.41) is 13.9. The van der Waals surface area contributed by atoms with E-state index < -0.39 is 41.5 Å². The van der Waals surface area contributed by atoms with E-state index in [0.717, 1.165) is 0 Å². The minimum atomic E-state index is -5.13.